The molecule has 2 aliphatic heterocycles. The van der Waals surface area contributed by atoms with Gasteiger partial charge in [0.15, 0.2) is 11.5 Å². The van der Waals surface area contributed by atoms with Crippen molar-refractivity contribution in [2.45, 2.75) is 57.7 Å². The van der Waals surface area contributed by atoms with Crippen LogP contribution in [0.5, 0.6) is 5.75 Å². The van der Waals surface area contributed by atoms with Crippen LogP contribution in [0.25, 0.3) is 5.65 Å². The van der Waals surface area contributed by atoms with Gasteiger partial charge in [-0.1, -0.05) is 48.7 Å². The van der Waals surface area contributed by atoms with Gasteiger partial charge < -0.3 is 19.9 Å². The summed E-state index contributed by atoms with van der Waals surface area (Å²) in [5, 5.41) is 12.0. The molecule has 2 aromatic heterocycles. The zero-order chi connectivity index (χ0) is 31.8. The highest BCUT2D eigenvalue weighted by molar-refractivity contribution is 6.31. The van der Waals surface area contributed by atoms with Gasteiger partial charge in [-0.2, -0.15) is 0 Å². The Morgan fingerprint density at radius 2 is 1.83 bits per heavy atom. The predicted octanol–water partition coefficient (Wildman–Crippen LogP) is 4.99. The van der Waals surface area contributed by atoms with Crippen molar-refractivity contribution in [3.8, 4) is 5.75 Å². The zero-order valence-electron chi connectivity index (χ0n) is 25.8. The molecule has 0 saturated heterocycles. The summed E-state index contributed by atoms with van der Waals surface area (Å²) in [4.78, 5) is 44.5. The standard InChI is InChI=1S/C35H37ClN6O4/c1-37-33(43)24-10-4-5-11-25(24)35(45)41-19-15-26-27(36)13-14-29(46-21-31-39-38-30-12-6-7-17-42(30)31)32(26)28(41)16-18-40-20-22-8-2-3-9-23(22)34(40)44/h2-3,6-9,12-14,17,24-25,28H,4-5,10-11,15-16,18-21H2,1H3,(H,37,43)/t24-,25+,28+/m0/s1. The Morgan fingerprint density at radius 3 is 2.65 bits per heavy atom. The predicted molar refractivity (Wildman–Crippen MR) is 172 cm³/mol. The van der Waals surface area contributed by atoms with E-state index in [0.29, 0.717) is 61.9 Å². The van der Waals surface area contributed by atoms with Gasteiger partial charge >= 0.3 is 0 Å². The summed E-state index contributed by atoms with van der Waals surface area (Å²) in [5.41, 5.74) is 4.26. The van der Waals surface area contributed by atoms with Crippen molar-refractivity contribution in [3.63, 3.8) is 0 Å². The van der Waals surface area contributed by atoms with Crippen LogP contribution in [0.1, 0.15) is 71.0 Å². The minimum absolute atomic E-state index is 0.00211. The molecule has 238 valence electrons. The summed E-state index contributed by atoms with van der Waals surface area (Å²) in [6.07, 6.45) is 6.16. The molecule has 0 unspecified atom stereocenters. The lowest BCUT2D eigenvalue weighted by molar-refractivity contribution is -0.146. The first-order valence-electron chi connectivity index (χ1n) is 16.1. The highest BCUT2D eigenvalue weighted by atomic mass is 35.5. The van der Waals surface area contributed by atoms with Crippen molar-refractivity contribution in [3.05, 3.63) is 93.9 Å². The van der Waals surface area contributed by atoms with Gasteiger partial charge in [-0.15, -0.1) is 10.2 Å². The molecule has 0 spiro atoms. The Bertz CT molecular complexity index is 1810. The number of hydrogen-bond acceptors (Lipinski definition) is 6. The first-order valence-corrected chi connectivity index (χ1v) is 16.4. The quantitative estimate of drug-likeness (QED) is 0.291. The second-order valence-electron chi connectivity index (χ2n) is 12.4. The third-order valence-electron chi connectivity index (χ3n) is 9.83. The molecule has 10 nitrogen and oxygen atoms in total. The maximum Gasteiger partial charge on any atom is 0.254 e. The third kappa shape index (κ3) is 5.48. The molecule has 3 aliphatic rings. The van der Waals surface area contributed by atoms with Crippen LogP contribution >= 0.6 is 11.6 Å². The van der Waals surface area contributed by atoms with E-state index in [0.717, 1.165) is 40.7 Å². The number of halogens is 1. The summed E-state index contributed by atoms with van der Waals surface area (Å²) < 4.78 is 8.35. The lowest BCUT2D eigenvalue weighted by Gasteiger charge is -2.42. The van der Waals surface area contributed by atoms with Crippen LogP contribution in [0.2, 0.25) is 5.02 Å². The Kier molecular flexibility index (Phi) is 8.38. The van der Waals surface area contributed by atoms with E-state index >= 15 is 0 Å². The minimum Gasteiger partial charge on any atom is -0.485 e. The fraction of sp³-hybridized carbons (Fsp3) is 0.400. The molecule has 3 amide bonds. The molecule has 0 radical (unpaired) electrons. The lowest BCUT2D eigenvalue weighted by Crippen LogP contribution is -2.48. The van der Waals surface area contributed by atoms with Crippen molar-refractivity contribution in [1.82, 2.24) is 29.7 Å². The van der Waals surface area contributed by atoms with Crippen LogP contribution in [0.15, 0.2) is 60.8 Å². The summed E-state index contributed by atoms with van der Waals surface area (Å²) in [7, 11) is 1.63. The molecule has 1 fully saturated rings. The molecule has 0 bridgehead atoms. The van der Waals surface area contributed by atoms with Gasteiger partial charge in [0.2, 0.25) is 11.8 Å². The van der Waals surface area contributed by atoms with E-state index < -0.39 is 12.0 Å². The van der Waals surface area contributed by atoms with E-state index in [2.05, 4.69) is 15.5 Å². The highest BCUT2D eigenvalue weighted by Crippen LogP contribution is 2.44. The Balaban J connectivity index is 1.22. The van der Waals surface area contributed by atoms with Crippen LogP contribution in [0.3, 0.4) is 0 Å². The first kappa shape index (κ1) is 30.2. The van der Waals surface area contributed by atoms with Crippen molar-refractivity contribution < 1.29 is 19.1 Å². The van der Waals surface area contributed by atoms with E-state index in [1.165, 1.54) is 0 Å². The van der Waals surface area contributed by atoms with E-state index in [9.17, 15) is 14.4 Å². The molecule has 4 heterocycles. The molecule has 1 aliphatic carbocycles. The van der Waals surface area contributed by atoms with Crippen LogP contribution in [-0.4, -0.2) is 62.3 Å². The largest absolute Gasteiger partial charge is 0.485 e. The van der Waals surface area contributed by atoms with E-state index in [4.69, 9.17) is 16.3 Å². The number of nitrogens with one attached hydrogen (secondary N) is 1. The van der Waals surface area contributed by atoms with Crippen LogP contribution in [0.4, 0.5) is 0 Å². The monoisotopic (exact) mass is 640 g/mol. The van der Waals surface area contributed by atoms with E-state index in [-0.39, 0.29) is 30.2 Å². The number of ether oxygens (including phenoxy) is 1. The fourth-order valence-corrected chi connectivity index (χ4v) is 7.77. The second kappa shape index (κ2) is 12.7. The molecule has 7 rings (SSSR count). The van der Waals surface area contributed by atoms with Crippen molar-refractivity contribution in [1.29, 1.82) is 0 Å². The number of pyridine rings is 1. The number of hydrogen-bond donors (Lipinski definition) is 1. The summed E-state index contributed by atoms with van der Waals surface area (Å²) in [6, 6.07) is 16.7. The molecule has 11 heteroatoms. The molecule has 3 atom stereocenters. The SMILES string of the molecule is CNC(=O)[C@H]1CCCC[C@H]1C(=O)N1CCc2c(Cl)ccc(OCc3nnc4ccccn34)c2[C@H]1CCN1Cc2ccccc2C1=O. The number of nitrogens with zero attached hydrogens (tertiary/aromatic N) is 5. The van der Waals surface area contributed by atoms with Crippen molar-refractivity contribution >= 4 is 35.0 Å². The molecule has 2 aromatic carbocycles. The van der Waals surface area contributed by atoms with Gasteiger partial charge in [0.25, 0.3) is 5.91 Å². The zero-order valence-corrected chi connectivity index (χ0v) is 26.6. The molecule has 4 aromatic rings. The van der Waals surface area contributed by atoms with Crippen molar-refractivity contribution in [2.24, 2.45) is 11.8 Å². The molecule has 46 heavy (non-hydrogen) atoms. The first-order chi connectivity index (χ1) is 22.4. The average Bonchev–Trinajstić information content (AvgIpc) is 3.66. The molecular formula is C35H37ClN6O4. The van der Waals surface area contributed by atoms with Gasteiger partial charge in [0, 0.05) is 60.9 Å². The Morgan fingerprint density at radius 1 is 1.02 bits per heavy atom. The molecule has 1 saturated carbocycles. The number of carbonyl (C=O) groups is 3. The topological polar surface area (TPSA) is 109 Å². The normalized spacial score (nSPS) is 20.8. The Hall–Kier alpha value is -4.44. The molecule has 1 N–H and O–H groups in total. The van der Waals surface area contributed by atoms with Crippen LogP contribution < -0.4 is 10.1 Å². The maximum absolute atomic E-state index is 14.5. The second-order valence-corrected chi connectivity index (χ2v) is 12.8. The van der Waals surface area contributed by atoms with Crippen LogP contribution in [-0.2, 0) is 29.2 Å². The number of fused-ring (bicyclic) bond motifs is 3. The maximum atomic E-state index is 14.5. The highest BCUT2D eigenvalue weighted by Gasteiger charge is 2.42. The fourth-order valence-electron chi connectivity index (χ4n) is 7.51. The number of amides is 3. The number of benzene rings is 2. The van der Waals surface area contributed by atoms with E-state index in [1.54, 1.807) is 7.05 Å². The number of rotatable bonds is 8. The van der Waals surface area contributed by atoms with Gasteiger partial charge in [0.05, 0.1) is 6.04 Å². The number of aromatic nitrogens is 3. The Labute approximate surface area is 272 Å². The summed E-state index contributed by atoms with van der Waals surface area (Å²) >= 11 is 6.83. The average molecular weight is 641 g/mol. The van der Waals surface area contributed by atoms with Gasteiger partial charge in [-0.3, -0.25) is 18.8 Å². The van der Waals surface area contributed by atoms with Crippen molar-refractivity contribution in [2.75, 3.05) is 20.1 Å². The summed E-state index contributed by atoms with van der Waals surface area (Å²) in [5.74, 6) is 0.403. The van der Waals surface area contributed by atoms with Crippen LogP contribution in [0, 0.1) is 11.8 Å². The van der Waals surface area contributed by atoms with E-state index in [1.807, 2.05) is 75.0 Å². The summed E-state index contributed by atoms with van der Waals surface area (Å²) in [6.45, 7) is 1.62. The van der Waals surface area contributed by atoms with Gasteiger partial charge in [-0.05, 0) is 67.1 Å². The lowest BCUT2D eigenvalue weighted by atomic mass is 9.77. The molecular weight excluding hydrogens is 604 g/mol. The minimum atomic E-state index is -0.402. The number of carbonyl (C=O) groups excluding carboxylic acids is 3. The smallest absolute Gasteiger partial charge is 0.254 e. The third-order valence-corrected chi connectivity index (χ3v) is 10.2. The van der Waals surface area contributed by atoms with Gasteiger partial charge in [-0.25, -0.2) is 0 Å². The van der Waals surface area contributed by atoms with Gasteiger partial charge in [0.1, 0.15) is 12.4 Å².